The molecule has 1 aliphatic heterocycles. The minimum absolute atomic E-state index is 0.0695. The van der Waals surface area contributed by atoms with Gasteiger partial charge in [0.25, 0.3) is 11.8 Å². The second-order valence-corrected chi connectivity index (χ2v) is 6.35. The lowest BCUT2D eigenvalue weighted by molar-refractivity contribution is -0.118. The number of amidine groups is 1. The summed E-state index contributed by atoms with van der Waals surface area (Å²) in [4.78, 5) is 32.6. The summed E-state index contributed by atoms with van der Waals surface area (Å²) in [5.41, 5.74) is 5.47. The number of nitrogens with zero attached hydrogens (tertiary/aromatic N) is 3. The number of benzene rings is 1. The molecule has 2 N–H and O–H groups in total. The van der Waals surface area contributed by atoms with E-state index in [1.54, 1.807) is 0 Å². The number of hydrogen-bond donors (Lipinski definition) is 2. The van der Waals surface area contributed by atoms with E-state index in [2.05, 4.69) is 20.7 Å². The molecular formula is C16H17N5O2S. The molecule has 8 heteroatoms. The summed E-state index contributed by atoms with van der Waals surface area (Å²) in [6.07, 6.45) is 0. The number of nitrogens with one attached hydrogen (secondary N) is 2. The van der Waals surface area contributed by atoms with Gasteiger partial charge in [0.2, 0.25) is 5.84 Å². The van der Waals surface area contributed by atoms with Gasteiger partial charge in [-0.2, -0.15) is 0 Å². The van der Waals surface area contributed by atoms with Crippen molar-refractivity contribution in [1.82, 2.24) is 15.7 Å². The van der Waals surface area contributed by atoms with Crippen molar-refractivity contribution in [3.8, 4) is 0 Å². The number of carbonyl (C=O) groups is 2. The van der Waals surface area contributed by atoms with Crippen LogP contribution in [0.1, 0.15) is 16.3 Å². The van der Waals surface area contributed by atoms with Gasteiger partial charge in [-0.25, -0.2) is 9.99 Å². The first-order valence-electron chi connectivity index (χ1n) is 7.43. The first-order chi connectivity index (χ1) is 11.5. The SMILES string of the molecule is Cc1ccc(N2NC(C(=O)NCc3nc(C)cs3)=NCC2=O)cc1. The Balaban J connectivity index is 1.66. The molecule has 0 saturated heterocycles. The molecule has 0 atom stereocenters. The van der Waals surface area contributed by atoms with Gasteiger partial charge in [-0.05, 0) is 26.0 Å². The highest BCUT2D eigenvalue weighted by molar-refractivity contribution is 7.09. The molecule has 0 bridgehead atoms. The number of thiazole rings is 1. The van der Waals surface area contributed by atoms with Crippen molar-refractivity contribution in [2.24, 2.45) is 4.99 Å². The van der Waals surface area contributed by atoms with Crippen LogP contribution in [0.3, 0.4) is 0 Å². The average molecular weight is 343 g/mol. The fourth-order valence-electron chi connectivity index (χ4n) is 2.17. The van der Waals surface area contributed by atoms with Crippen molar-refractivity contribution in [3.05, 3.63) is 45.9 Å². The zero-order valence-electron chi connectivity index (χ0n) is 13.4. The van der Waals surface area contributed by atoms with Gasteiger partial charge in [-0.1, -0.05) is 17.7 Å². The van der Waals surface area contributed by atoms with Crippen molar-refractivity contribution >= 4 is 34.7 Å². The standard InChI is InChI=1S/C16H17N5O2S/c1-10-3-5-12(6-4-10)21-14(22)8-17-15(20-21)16(23)18-7-13-19-11(2)9-24-13/h3-6,9H,7-8H2,1-2H3,(H,17,20)(H,18,23). The summed E-state index contributed by atoms with van der Waals surface area (Å²) in [5.74, 6) is -0.470. The Morgan fingerprint density at radius 2 is 2.08 bits per heavy atom. The van der Waals surface area contributed by atoms with Crippen molar-refractivity contribution in [1.29, 1.82) is 0 Å². The van der Waals surface area contributed by atoms with Gasteiger partial charge in [-0.3, -0.25) is 20.0 Å². The van der Waals surface area contributed by atoms with E-state index in [1.165, 1.54) is 16.3 Å². The summed E-state index contributed by atoms with van der Waals surface area (Å²) in [6.45, 7) is 4.13. The lowest BCUT2D eigenvalue weighted by Gasteiger charge is -2.27. The molecule has 0 saturated carbocycles. The molecule has 2 amide bonds. The number of aryl methyl sites for hydroxylation is 2. The van der Waals surface area contributed by atoms with E-state index in [-0.39, 0.29) is 24.2 Å². The molecular weight excluding hydrogens is 326 g/mol. The highest BCUT2D eigenvalue weighted by Crippen LogP contribution is 2.15. The lowest BCUT2D eigenvalue weighted by Crippen LogP contribution is -2.55. The second kappa shape index (κ2) is 6.79. The van der Waals surface area contributed by atoms with Gasteiger partial charge < -0.3 is 5.32 Å². The fraction of sp³-hybridized carbons (Fsp3) is 0.250. The number of aliphatic imine (C=N–C) groups is 1. The molecule has 0 fully saturated rings. The Labute approximate surface area is 143 Å². The summed E-state index contributed by atoms with van der Waals surface area (Å²) < 4.78 is 0. The number of rotatable bonds is 4. The smallest absolute Gasteiger partial charge is 0.288 e. The summed E-state index contributed by atoms with van der Waals surface area (Å²) in [6, 6.07) is 7.44. The van der Waals surface area contributed by atoms with E-state index in [9.17, 15) is 9.59 Å². The van der Waals surface area contributed by atoms with Crippen LogP contribution < -0.4 is 15.8 Å². The van der Waals surface area contributed by atoms with E-state index in [0.29, 0.717) is 12.2 Å². The highest BCUT2D eigenvalue weighted by Gasteiger charge is 2.25. The Morgan fingerprint density at radius 1 is 1.33 bits per heavy atom. The van der Waals surface area contributed by atoms with Crippen LogP contribution in [0.15, 0.2) is 34.6 Å². The zero-order chi connectivity index (χ0) is 17.1. The molecule has 2 heterocycles. The van der Waals surface area contributed by atoms with Crippen LogP contribution in [0.2, 0.25) is 0 Å². The number of amides is 2. The summed E-state index contributed by atoms with van der Waals surface area (Å²) in [7, 11) is 0. The van der Waals surface area contributed by atoms with Crippen molar-refractivity contribution in [2.75, 3.05) is 11.6 Å². The molecule has 1 aliphatic rings. The summed E-state index contributed by atoms with van der Waals surface area (Å²) in [5, 5.41) is 6.85. The van der Waals surface area contributed by atoms with Gasteiger partial charge in [0, 0.05) is 11.1 Å². The van der Waals surface area contributed by atoms with Gasteiger partial charge in [0.1, 0.15) is 11.6 Å². The van der Waals surface area contributed by atoms with Crippen LogP contribution in [0, 0.1) is 13.8 Å². The number of aromatic nitrogens is 1. The summed E-state index contributed by atoms with van der Waals surface area (Å²) >= 11 is 1.49. The first-order valence-corrected chi connectivity index (χ1v) is 8.31. The molecule has 1 aromatic carbocycles. The zero-order valence-corrected chi connectivity index (χ0v) is 14.2. The Kier molecular flexibility index (Phi) is 4.57. The van der Waals surface area contributed by atoms with E-state index in [4.69, 9.17) is 0 Å². The predicted octanol–water partition coefficient (Wildman–Crippen LogP) is 1.33. The number of anilines is 1. The molecule has 0 aliphatic carbocycles. The minimum Gasteiger partial charge on any atom is -0.343 e. The van der Waals surface area contributed by atoms with E-state index in [1.807, 2.05) is 43.5 Å². The van der Waals surface area contributed by atoms with Crippen molar-refractivity contribution in [3.63, 3.8) is 0 Å². The maximum atomic E-state index is 12.3. The van der Waals surface area contributed by atoms with E-state index < -0.39 is 0 Å². The molecule has 1 aromatic heterocycles. The van der Waals surface area contributed by atoms with Crippen LogP contribution >= 0.6 is 11.3 Å². The third-order valence-corrected chi connectivity index (χ3v) is 4.38. The Bertz CT molecular complexity index is 797. The molecule has 0 unspecified atom stereocenters. The van der Waals surface area contributed by atoms with Gasteiger partial charge >= 0.3 is 0 Å². The minimum atomic E-state index is -0.368. The molecule has 124 valence electrons. The van der Waals surface area contributed by atoms with Gasteiger partial charge in [0.05, 0.1) is 12.2 Å². The van der Waals surface area contributed by atoms with Crippen molar-refractivity contribution in [2.45, 2.75) is 20.4 Å². The fourth-order valence-corrected chi connectivity index (χ4v) is 2.88. The van der Waals surface area contributed by atoms with Crippen LogP contribution in [0.25, 0.3) is 0 Å². The monoisotopic (exact) mass is 343 g/mol. The van der Waals surface area contributed by atoms with Gasteiger partial charge in [-0.15, -0.1) is 11.3 Å². The second-order valence-electron chi connectivity index (χ2n) is 5.41. The number of hydrogen-bond acceptors (Lipinski definition) is 6. The normalized spacial score (nSPS) is 14.2. The Morgan fingerprint density at radius 3 is 2.75 bits per heavy atom. The molecule has 0 radical (unpaired) electrons. The van der Waals surface area contributed by atoms with Crippen molar-refractivity contribution < 1.29 is 9.59 Å². The van der Waals surface area contributed by atoms with Crippen LogP contribution in [-0.4, -0.2) is 29.2 Å². The number of carbonyl (C=O) groups excluding carboxylic acids is 2. The largest absolute Gasteiger partial charge is 0.343 e. The molecule has 3 rings (SSSR count). The van der Waals surface area contributed by atoms with Crippen LogP contribution in [-0.2, 0) is 16.1 Å². The van der Waals surface area contributed by atoms with E-state index >= 15 is 0 Å². The maximum absolute atomic E-state index is 12.3. The first kappa shape index (κ1) is 16.1. The molecule has 24 heavy (non-hydrogen) atoms. The predicted molar refractivity (Wildman–Crippen MR) is 92.8 cm³/mol. The number of hydrazine groups is 1. The molecule has 7 nitrogen and oxygen atoms in total. The van der Waals surface area contributed by atoms with Gasteiger partial charge in [0.15, 0.2) is 0 Å². The quantitative estimate of drug-likeness (QED) is 0.877. The average Bonchev–Trinajstić information content (AvgIpc) is 2.99. The van der Waals surface area contributed by atoms with Crippen LogP contribution in [0.5, 0.6) is 0 Å². The molecule has 2 aromatic rings. The maximum Gasteiger partial charge on any atom is 0.288 e. The molecule has 0 spiro atoms. The highest BCUT2D eigenvalue weighted by atomic mass is 32.1. The third kappa shape index (κ3) is 3.60. The Hall–Kier alpha value is -2.74. The third-order valence-electron chi connectivity index (χ3n) is 3.41. The van der Waals surface area contributed by atoms with E-state index in [0.717, 1.165) is 16.3 Å². The topological polar surface area (TPSA) is 86.7 Å². The lowest BCUT2D eigenvalue weighted by atomic mass is 10.2. The van der Waals surface area contributed by atoms with Crippen LogP contribution in [0.4, 0.5) is 5.69 Å².